The quantitative estimate of drug-likeness (QED) is 0.347. The zero-order valence-electron chi connectivity index (χ0n) is 5.98. The van der Waals surface area contributed by atoms with Crippen LogP contribution in [0.4, 0.5) is 0 Å². The molecule has 0 unspecified atom stereocenters. The number of carbonyl (C=O) groups excluding carboxylic acids is 1. The van der Waals surface area contributed by atoms with Crippen molar-refractivity contribution in [3.8, 4) is 0 Å². The van der Waals surface area contributed by atoms with Gasteiger partial charge in [0.05, 0.1) is 5.57 Å². The highest BCUT2D eigenvalue weighted by atomic mass is 16.4. The number of hydrogen-bond acceptors (Lipinski definition) is 3. The Hall–Kier alpha value is -1.91. The molecule has 0 fully saturated rings. The lowest BCUT2D eigenvalue weighted by molar-refractivity contribution is -0.146. The van der Waals surface area contributed by atoms with E-state index in [1.54, 1.807) is 0 Å². The molecular weight excluding hydrogens is 164 g/mol. The third-order valence-corrected chi connectivity index (χ3v) is 0.964. The molecule has 0 aliphatic carbocycles. The molecule has 5 heteroatoms. The van der Waals surface area contributed by atoms with Crippen LogP contribution in [0.1, 0.15) is 0 Å². The summed E-state index contributed by atoms with van der Waals surface area (Å²) in [5.74, 6) is -4.37. The first-order valence-corrected chi connectivity index (χ1v) is 2.83. The minimum Gasteiger partial charge on any atom is -0.478 e. The van der Waals surface area contributed by atoms with Gasteiger partial charge in [-0.3, -0.25) is 4.79 Å². The second-order valence-electron chi connectivity index (χ2n) is 1.78. The van der Waals surface area contributed by atoms with Gasteiger partial charge in [-0.05, 0) is 0 Å². The minimum absolute atomic E-state index is 0.442. The zero-order valence-corrected chi connectivity index (χ0v) is 5.98. The first-order chi connectivity index (χ1) is 5.49. The third kappa shape index (κ3) is 2.78. The lowest BCUT2D eigenvalue weighted by Crippen LogP contribution is -2.11. The van der Waals surface area contributed by atoms with Crippen LogP contribution in [0.25, 0.3) is 0 Å². The van der Waals surface area contributed by atoms with Crippen LogP contribution in [-0.2, 0) is 14.4 Å². The molecule has 0 aromatic heterocycles. The van der Waals surface area contributed by atoms with Crippen molar-refractivity contribution in [2.45, 2.75) is 0 Å². The average molecular weight is 170 g/mol. The number of ketones is 1. The maximum Gasteiger partial charge on any atom is 0.376 e. The molecule has 0 aromatic rings. The maximum absolute atomic E-state index is 10.4. The highest BCUT2D eigenvalue weighted by molar-refractivity contribution is 6.38. The molecule has 64 valence electrons. The van der Waals surface area contributed by atoms with Gasteiger partial charge in [0.2, 0.25) is 0 Å². The summed E-state index contributed by atoms with van der Waals surface area (Å²) in [6, 6.07) is 0. The minimum atomic E-state index is -1.70. The predicted octanol–water partition coefficient (Wildman–Crippen LogP) is -0.163. The number of carboxylic acids is 2. The van der Waals surface area contributed by atoms with E-state index >= 15 is 0 Å². The first kappa shape index (κ1) is 10.1. The summed E-state index contributed by atoms with van der Waals surface area (Å²) in [7, 11) is 0. The molecule has 0 atom stereocenters. The molecule has 0 aliphatic heterocycles. The van der Waals surface area contributed by atoms with E-state index < -0.39 is 23.3 Å². The molecule has 2 N–H and O–H groups in total. The van der Waals surface area contributed by atoms with Gasteiger partial charge in [-0.2, -0.15) is 0 Å². The van der Waals surface area contributed by atoms with E-state index in [1.165, 1.54) is 0 Å². The van der Waals surface area contributed by atoms with Crippen LogP contribution in [-0.4, -0.2) is 27.9 Å². The lowest BCUT2D eigenvalue weighted by Gasteiger charge is -1.90. The second kappa shape index (κ2) is 4.07. The van der Waals surface area contributed by atoms with Crippen LogP contribution in [0.15, 0.2) is 24.3 Å². The van der Waals surface area contributed by atoms with Crippen molar-refractivity contribution in [3.63, 3.8) is 0 Å². The molecular formula is C7H6O5. The van der Waals surface area contributed by atoms with Gasteiger partial charge >= 0.3 is 11.9 Å². The number of hydrogen-bond donors (Lipinski definition) is 2. The number of rotatable bonds is 4. The van der Waals surface area contributed by atoms with Gasteiger partial charge in [-0.25, -0.2) is 9.59 Å². The monoisotopic (exact) mass is 170 g/mol. The van der Waals surface area contributed by atoms with Gasteiger partial charge < -0.3 is 10.2 Å². The van der Waals surface area contributed by atoms with E-state index in [9.17, 15) is 14.4 Å². The van der Waals surface area contributed by atoms with E-state index in [0.29, 0.717) is 6.08 Å². The molecule has 0 saturated heterocycles. The van der Waals surface area contributed by atoms with Crippen molar-refractivity contribution >= 4 is 17.7 Å². The van der Waals surface area contributed by atoms with Gasteiger partial charge in [-0.1, -0.05) is 12.7 Å². The lowest BCUT2D eigenvalue weighted by atomic mass is 10.2. The number of carboxylic acid groups (broad SMARTS) is 2. The molecule has 0 aliphatic rings. The fourth-order valence-electron chi connectivity index (χ4n) is 0.411. The van der Waals surface area contributed by atoms with Crippen LogP contribution in [0.2, 0.25) is 0 Å². The Morgan fingerprint density at radius 3 is 1.83 bits per heavy atom. The molecule has 0 aromatic carbocycles. The van der Waals surface area contributed by atoms with E-state index in [-0.39, 0.29) is 0 Å². The second-order valence-corrected chi connectivity index (χ2v) is 1.78. The Morgan fingerprint density at radius 1 is 1.08 bits per heavy atom. The Kier molecular flexibility index (Phi) is 3.42. The summed E-state index contributed by atoms with van der Waals surface area (Å²) in [4.78, 5) is 30.6. The van der Waals surface area contributed by atoms with Gasteiger partial charge in [0.25, 0.3) is 5.78 Å². The van der Waals surface area contributed by atoms with E-state index in [0.717, 1.165) is 6.08 Å². The largest absolute Gasteiger partial charge is 0.478 e. The van der Waals surface area contributed by atoms with E-state index in [2.05, 4.69) is 6.58 Å². The summed E-state index contributed by atoms with van der Waals surface area (Å²) in [5, 5.41) is 16.4. The Labute approximate surface area is 67.6 Å². The molecule has 5 nitrogen and oxygen atoms in total. The van der Waals surface area contributed by atoms with Crippen LogP contribution in [0, 0.1) is 0 Å². The molecule has 0 spiro atoms. The summed E-state index contributed by atoms with van der Waals surface area (Å²) < 4.78 is 0. The zero-order chi connectivity index (χ0) is 9.72. The van der Waals surface area contributed by atoms with E-state index in [4.69, 9.17) is 10.2 Å². The molecule has 0 rings (SSSR count). The normalized spacial score (nSPS) is 10.5. The van der Waals surface area contributed by atoms with Crippen molar-refractivity contribution in [2.24, 2.45) is 0 Å². The van der Waals surface area contributed by atoms with E-state index in [1.807, 2.05) is 0 Å². The van der Waals surface area contributed by atoms with Gasteiger partial charge in [-0.15, -0.1) is 0 Å². The fraction of sp³-hybridized carbons (Fsp3) is 0. The summed E-state index contributed by atoms with van der Waals surface area (Å²) in [6.45, 7) is 3.10. The Balaban J connectivity index is 4.72. The van der Waals surface area contributed by atoms with Crippen LogP contribution in [0.3, 0.4) is 0 Å². The number of aliphatic carboxylic acids is 2. The summed E-state index contributed by atoms with van der Waals surface area (Å²) >= 11 is 0. The molecule has 12 heavy (non-hydrogen) atoms. The smallest absolute Gasteiger partial charge is 0.376 e. The van der Waals surface area contributed by atoms with Gasteiger partial charge in [0, 0.05) is 6.08 Å². The first-order valence-electron chi connectivity index (χ1n) is 2.83. The molecule has 0 saturated carbocycles. The fourth-order valence-corrected chi connectivity index (χ4v) is 0.411. The van der Waals surface area contributed by atoms with Crippen molar-refractivity contribution in [3.05, 3.63) is 24.3 Å². The van der Waals surface area contributed by atoms with Crippen molar-refractivity contribution in [1.82, 2.24) is 0 Å². The summed E-state index contributed by atoms with van der Waals surface area (Å²) in [5.41, 5.74) is -0.442. The average Bonchev–Trinajstić information content (AvgIpc) is 1.98. The standard InChI is InChI=1S/C7H6O5/c1-2-4(6(9)10)3-5(8)7(11)12/h2-3H,1H2,(H,9,10)(H,11,12)/b4-3+. The van der Waals surface area contributed by atoms with Crippen molar-refractivity contribution in [2.75, 3.05) is 0 Å². The van der Waals surface area contributed by atoms with Crippen LogP contribution >= 0.6 is 0 Å². The number of carbonyl (C=O) groups is 3. The maximum atomic E-state index is 10.4. The van der Waals surface area contributed by atoms with Gasteiger partial charge in [0.15, 0.2) is 0 Å². The molecule has 0 bridgehead atoms. The van der Waals surface area contributed by atoms with Crippen LogP contribution in [0.5, 0.6) is 0 Å². The molecule has 0 heterocycles. The predicted molar refractivity (Wildman–Crippen MR) is 38.6 cm³/mol. The Morgan fingerprint density at radius 2 is 1.58 bits per heavy atom. The molecule has 0 radical (unpaired) electrons. The SMILES string of the molecule is C=C/C(=C\C(=O)C(=O)O)C(=O)O. The van der Waals surface area contributed by atoms with Crippen LogP contribution < -0.4 is 0 Å². The highest BCUT2D eigenvalue weighted by Gasteiger charge is 2.11. The molecule has 0 amide bonds. The highest BCUT2D eigenvalue weighted by Crippen LogP contribution is 1.95. The third-order valence-electron chi connectivity index (χ3n) is 0.964. The van der Waals surface area contributed by atoms with Crippen molar-refractivity contribution in [1.29, 1.82) is 0 Å². The topological polar surface area (TPSA) is 91.7 Å². The summed E-state index contributed by atoms with van der Waals surface area (Å²) in [6.07, 6.45) is 1.39. The van der Waals surface area contributed by atoms with Gasteiger partial charge in [0.1, 0.15) is 0 Å². The Bertz CT molecular complexity index is 274. The van der Waals surface area contributed by atoms with Crippen molar-refractivity contribution < 1.29 is 24.6 Å².